The van der Waals surface area contributed by atoms with Gasteiger partial charge in [0.25, 0.3) is 0 Å². The van der Waals surface area contributed by atoms with E-state index in [2.05, 4.69) is 213 Å². The number of hydrogen-bond donors (Lipinski definition) is 0. The molecular formula is C58H40N2. The van der Waals surface area contributed by atoms with E-state index in [1.54, 1.807) is 0 Å². The van der Waals surface area contributed by atoms with E-state index in [9.17, 15) is 0 Å². The smallest absolute Gasteiger partial charge is 0.160 e. The molecule has 60 heavy (non-hydrogen) atoms. The third kappa shape index (κ3) is 6.04. The summed E-state index contributed by atoms with van der Waals surface area (Å²) < 4.78 is 0. The van der Waals surface area contributed by atoms with E-state index in [0.29, 0.717) is 5.82 Å². The highest BCUT2D eigenvalue weighted by Gasteiger charge is 2.41. The van der Waals surface area contributed by atoms with Gasteiger partial charge in [-0.05, 0) is 97.1 Å². The van der Waals surface area contributed by atoms with Crippen molar-refractivity contribution in [3.8, 4) is 78.4 Å². The Morgan fingerprint density at radius 2 is 0.717 bits per heavy atom. The van der Waals surface area contributed by atoms with Crippen LogP contribution in [0.1, 0.15) is 23.6 Å². The van der Waals surface area contributed by atoms with Gasteiger partial charge >= 0.3 is 0 Å². The van der Waals surface area contributed by atoms with Crippen molar-refractivity contribution in [2.24, 2.45) is 0 Å². The van der Waals surface area contributed by atoms with Crippen molar-refractivity contribution < 1.29 is 0 Å². The summed E-state index contributed by atoms with van der Waals surface area (Å²) in [6.45, 7) is 2.40. The van der Waals surface area contributed by atoms with Crippen molar-refractivity contribution in [3.05, 3.63) is 241 Å². The molecule has 0 aliphatic heterocycles. The first kappa shape index (κ1) is 35.5. The van der Waals surface area contributed by atoms with Crippen molar-refractivity contribution >= 4 is 10.8 Å². The predicted octanol–water partition coefficient (Wildman–Crippen LogP) is 15.0. The molecule has 282 valence electrons. The molecule has 1 aliphatic rings. The lowest BCUT2D eigenvalue weighted by Crippen LogP contribution is -2.22. The molecule has 0 radical (unpaired) electrons. The Morgan fingerprint density at radius 1 is 0.300 bits per heavy atom. The zero-order chi connectivity index (χ0) is 40.0. The zero-order valence-electron chi connectivity index (χ0n) is 33.3. The molecule has 1 atom stereocenters. The minimum atomic E-state index is -0.340. The average molecular weight is 765 g/mol. The summed E-state index contributed by atoms with van der Waals surface area (Å²) in [6, 6.07) is 80.7. The van der Waals surface area contributed by atoms with Crippen molar-refractivity contribution in [3.63, 3.8) is 0 Å². The van der Waals surface area contributed by atoms with Gasteiger partial charge in [-0.2, -0.15) is 0 Å². The maximum absolute atomic E-state index is 5.26. The molecule has 2 nitrogen and oxygen atoms in total. The van der Waals surface area contributed by atoms with Crippen LogP contribution < -0.4 is 0 Å². The van der Waals surface area contributed by atoms with Gasteiger partial charge in [0.05, 0.1) is 11.4 Å². The molecule has 11 rings (SSSR count). The van der Waals surface area contributed by atoms with Crippen LogP contribution in [0.2, 0.25) is 0 Å². The summed E-state index contributed by atoms with van der Waals surface area (Å²) in [6.07, 6.45) is 0. The van der Waals surface area contributed by atoms with Crippen LogP contribution in [-0.2, 0) is 5.41 Å². The van der Waals surface area contributed by atoms with Crippen LogP contribution in [0.15, 0.2) is 224 Å². The SMILES string of the molecule is CC1(c2ccccc2)c2cc(-c3ccccc3)ccc2-c2ccc(-c3ccc(-c4cc(-c5ccc(-c6ccccc6)cc5)nc(-c5ccccc5)n4)c4ccccc34)cc21. The largest absolute Gasteiger partial charge is 0.228 e. The normalized spacial score (nSPS) is 14.2. The Hall–Kier alpha value is -7.68. The third-order valence-corrected chi connectivity index (χ3v) is 12.4. The van der Waals surface area contributed by atoms with Crippen LogP contribution in [-0.4, -0.2) is 9.97 Å². The maximum Gasteiger partial charge on any atom is 0.160 e. The Kier molecular flexibility index (Phi) is 8.64. The predicted molar refractivity (Wildman–Crippen MR) is 250 cm³/mol. The number of benzene rings is 9. The number of nitrogens with zero attached hydrogens (tertiary/aromatic N) is 2. The maximum atomic E-state index is 5.26. The van der Waals surface area contributed by atoms with E-state index in [1.165, 1.54) is 66.6 Å². The van der Waals surface area contributed by atoms with Crippen LogP contribution in [0.3, 0.4) is 0 Å². The second-order valence-electron chi connectivity index (χ2n) is 15.9. The van der Waals surface area contributed by atoms with Crippen LogP contribution in [0.25, 0.3) is 89.2 Å². The Bertz CT molecular complexity index is 3180. The first-order valence-corrected chi connectivity index (χ1v) is 20.6. The molecule has 0 bridgehead atoms. The molecule has 0 amide bonds. The summed E-state index contributed by atoms with van der Waals surface area (Å²) in [7, 11) is 0. The summed E-state index contributed by atoms with van der Waals surface area (Å²) in [5.74, 6) is 0.706. The molecule has 10 aromatic rings. The molecule has 1 aliphatic carbocycles. The van der Waals surface area contributed by atoms with E-state index in [0.717, 1.165) is 33.5 Å². The molecule has 9 aromatic carbocycles. The number of fused-ring (bicyclic) bond motifs is 4. The van der Waals surface area contributed by atoms with Gasteiger partial charge in [0.15, 0.2) is 5.82 Å². The fourth-order valence-electron chi connectivity index (χ4n) is 9.28. The summed E-state index contributed by atoms with van der Waals surface area (Å²) in [4.78, 5) is 10.4. The molecule has 0 N–H and O–H groups in total. The van der Waals surface area contributed by atoms with Crippen molar-refractivity contribution in [2.75, 3.05) is 0 Å². The first-order valence-electron chi connectivity index (χ1n) is 20.6. The van der Waals surface area contributed by atoms with Gasteiger partial charge in [0.2, 0.25) is 0 Å². The van der Waals surface area contributed by atoms with Crippen LogP contribution in [0.4, 0.5) is 0 Å². The van der Waals surface area contributed by atoms with Gasteiger partial charge in [-0.3, -0.25) is 0 Å². The molecule has 0 spiro atoms. The second-order valence-corrected chi connectivity index (χ2v) is 15.9. The minimum absolute atomic E-state index is 0.340. The van der Waals surface area contributed by atoms with Gasteiger partial charge < -0.3 is 0 Å². The van der Waals surface area contributed by atoms with Crippen molar-refractivity contribution in [2.45, 2.75) is 12.3 Å². The lowest BCUT2D eigenvalue weighted by Gasteiger charge is -2.29. The molecule has 1 heterocycles. The number of rotatable bonds is 7. The van der Waals surface area contributed by atoms with E-state index >= 15 is 0 Å². The highest BCUT2D eigenvalue weighted by molar-refractivity contribution is 6.05. The number of hydrogen-bond acceptors (Lipinski definition) is 2. The van der Waals surface area contributed by atoms with Crippen molar-refractivity contribution in [1.82, 2.24) is 9.97 Å². The molecule has 1 unspecified atom stereocenters. The Labute approximate surface area is 351 Å². The quantitative estimate of drug-likeness (QED) is 0.162. The highest BCUT2D eigenvalue weighted by atomic mass is 14.9. The van der Waals surface area contributed by atoms with Gasteiger partial charge in [-0.1, -0.05) is 206 Å². The topological polar surface area (TPSA) is 25.8 Å². The monoisotopic (exact) mass is 764 g/mol. The molecule has 2 heteroatoms. The fraction of sp³-hybridized carbons (Fsp3) is 0.0345. The Balaban J connectivity index is 1.04. The van der Waals surface area contributed by atoms with Crippen LogP contribution >= 0.6 is 0 Å². The zero-order valence-corrected chi connectivity index (χ0v) is 33.3. The van der Waals surface area contributed by atoms with Gasteiger partial charge in [0, 0.05) is 22.1 Å². The van der Waals surface area contributed by atoms with Gasteiger partial charge in [-0.15, -0.1) is 0 Å². The van der Waals surface area contributed by atoms with Gasteiger partial charge in [0.1, 0.15) is 0 Å². The third-order valence-electron chi connectivity index (χ3n) is 12.4. The molecule has 0 saturated carbocycles. The lowest BCUT2D eigenvalue weighted by atomic mass is 9.73. The number of aromatic nitrogens is 2. The summed E-state index contributed by atoms with van der Waals surface area (Å²) in [5, 5.41) is 2.34. The standard InChI is InChI=1S/C58H40N2/c1-58(46-22-12-5-13-23-46)53-36-44(40-18-8-3-9-19-40)30-32-50(53)51-33-31-45(37-54(51)58)47-34-35-52(49-25-15-14-24-48(47)49)56-38-55(59-57(60-56)43-20-10-4-11-21-43)42-28-26-41(27-29-42)39-16-6-2-7-17-39/h2-38H,1H3. The average Bonchev–Trinajstić information content (AvgIpc) is 3.59. The summed E-state index contributed by atoms with van der Waals surface area (Å²) >= 11 is 0. The summed E-state index contributed by atoms with van der Waals surface area (Å²) in [5.41, 5.74) is 18.3. The second kappa shape index (κ2) is 14.6. The highest BCUT2D eigenvalue weighted by Crippen LogP contribution is 2.54. The lowest BCUT2D eigenvalue weighted by molar-refractivity contribution is 0.714. The first-order chi connectivity index (χ1) is 29.6. The van der Waals surface area contributed by atoms with Crippen LogP contribution in [0, 0.1) is 0 Å². The van der Waals surface area contributed by atoms with E-state index in [4.69, 9.17) is 9.97 Å². The molecule has 0 saturated heterocycles. The minimum Gasteiger partial charge on any atom is -0.228 e. The van der Waals surface area contributed by atoms with Gasteiger partial charge in [-0.25, -0.2) is 9.97 Å². The Morgan fingerprint density at radius 3 is 1.35 bits per heavy atom. The van der Waals surface area contributed by atoms with E-state index in [-0.39, 0.29) is 5.41 Å². The fourth-order valence-corrected chi connectivity index (χ4v) is 9.28. The molecule has 0 fully saturated rings. The van der Waals surface area contributed by atoms with Crippen molar-refractivity contribution in [1.29, 1.82) is 0 Å². The van der Waals surface area contributed by atoms with E-state index < -0.39 is 0 Å². The molecule has 1 aromatic heterocycles. The van der Waals surface area contributed by atoms with Crippen LogP contribution in [0.5, 0.6) is 0 Å². The van der Waals surface area contributed by atoms with E-state index in [1.807, 2.05) is 18.2 Å². The molecular weight excluding hydrogens is 725 g/mol.